The molecule has 0 N–H and O–H groups in total. The average molecular weight is 238 g/mol. The average Bonchev–Trinajstić information content (AvgIpc) is 2.29. The predicted octanol–water partition coefficient (Wildman–Crippen LogP) is 3.59. The maximum absolute atomic E-state index is 11.7. The maximum Gasteiger partial charge on any atom is 0.160 e. The molecule has 0 aliphatic carbocycles. The number of hydrogen-bond donors (Lipinski definition) is 0. The van der Waals surface area contributed by atoms with Gasteiger partial charge in [-0.1, -0.05) is 31.0 Å². The summed E-state index contributed by atoms with van der Waals surface area (Å²) >= 11 is 5.94. The molecular weight excluding hydrogens is 222 g/mol. The van der Waals surface area contributed by atoms with Crippen molar-refractivity contribution in [3.05, 3.63) is 40.7 Å². The highest BCUT2D eigenvalue weighted by molar-refractivity contribution is 6.31. The monoisotopic (exact) mass is 237 g/mol. The largest absolute Gasteiger partial charge is 0.294 e. The number of ketones is 1. The number of aromatic nitrogens is 1. The highest BCUT2D eigenvalue weighted by atomic mass is 35.5. The lowest BCUT2D eigenvalue weighted by Crippen LogP contribution is -2.01. The summed E-state index contributed by atoms with van der Waals surface area (Å²) in [5.41, 5.74) is 2.01. The van der Waals surface area contributed by atoms with Crippen LogP contribution in [0.3, 0.4) is 0 Å². The fourth-order valence-electron chi connectivity index (χ4n) is 1.47. The third-order valence-corrected chi connectivity index (χ3v) is 2.83. The zero-order valence-corrected chi connectivity index (χ0v) is 10.4. The molecule has 1 aromatic rings. The van der Waals surface area contributed by atoms with Crippen molar-refractivity contribution in [2.45, 2.75) is 33.1 Å². The lowest BCUT2D eigenvalue weighted by molar-refractivity contribution is -0.114. The Morgan fingerprint density at radius 2 is 2.12 bits per heavy atom. The molecule has 0 radical (unpaired) electrons. The van der Waals surface area contributed by atoms with E-state index >= 15 is 0 Å². The Bertz CT molecular complexity index is 393. The minimum absolute atomic E-state index is 0.104. The van der Waals surface area contributed by atoms with Gasteiger partial charge in [0.15, 0.2) is 5.78 Å². The van der Waals surface area contributed by atoms with E-state index in [2.05, 4.69) is 18.8 Å². The van der Waals surface area contributed by atoms with Crippen LogP contribution in [0.4, 0.5) is 0 Å². The van der Waals surface area contributed by atoms with Crippen molar-refractivity contribution in [2.24, 2.45) is 0 Å². The molecule has 0 amide bonds. The molecule has 1 heterocycles. The van der Waals surface area contributed by atoms with Crippen molar-refractivity contribution in [3.8, 4) is 0 Å². The van der Waals surface area contributed by atoms with Gasteiger partial charge in [-0.2, -0.15) is 0 Å². The van der Waals surface area contributed by atoms with E-state index in [0.29, 0.717) is 11.4 Å². The third-order valence-electron chi connectivity index (χ3n) is 2.49. The van der Waals surface area contributed by atoms with E-state index in [1.807, 2.05) is 0 Å². The fourth-order valence-corrected chi connectivity index (χ4v) is 1.65. The second-order valence-corrected chi connectivity index (χ2v) is 4.03. The molecule has 3 heteroatoms. The maximum atomic E-state index is 11.7. The van der Waals surface area contributed by atoms with Gasteiger partial charge in [-0.05, 0) is 30.5 Å². The Balaban J connectivity index is 2.72. The number of carbonyl (C=O) groups excluding carboxylic acids is 1. The minimum Gasteiger partial charge on any atom is -0.294 e. The summed E-state index contributed by atoms with van der Waals surface area (Å²) in [4.78, 5) is 15.6. The van der Waals surface area contributed by atoms with Gasteiger partial charge in [-0.15, -0.1) is 0 Å². The number of halogens is 1. The number of pyridine rings is 1. The van der Waals surface area contributed by atoms with Gasteiger partial charge in [0.25, 0.3) is 0 Å². The Morgan fingerprint density at radius 1 is 1.44 bits per heavy atom. The summed E-state index contributed by atoms with van der Waals surface area (Å²) in [6, 6.07) is 1.78. The van der Waals surface area contributed by atoms with Crippen molar-refractivity contribution >= 4 is 17.4 Å². The fraction of sp³-hybridized carbons (Fsp3) is 0.385. The topological polar surface area (TPSA) is 30.0 Å². The summed E-state index contributed by atoms with van der Waals surface area (Å²) in [5.74, 6) is 0.104. The molecule has 0 bridgehead atoms. The van der Waals surface area contributed by atoms with Gasteiger partial charge in [-0.3, -0.25) is 9.78 Å². The van der Waals surface area contributed by atoms with Crippen LogP contribution >= 0.6 is 11.6 Å². The van der Waals surface area contributed by atoms with Gasteiger partial charge in [0, 0.05) is 18.8 Å². The molecule has 0 unspecified atom stereocenters. The van der Waals surface area contributed by atoms with Gasteiger partial charge in [0.2, 0.25) is 0 Å². The van der Waals surface area contributed by atoms with E-state index in [-0.39, 0.29) is 5.78 Å². The Kier molecular flexibility index (Phi) is 5.20. The molecule has 0 atom stereocenters. The Morgan fingerprint density at radius 3 is 2.69 bits per heavy atom. The first-order valence-corrected chi connectivity index (χ1v) is 5.85. The van der Waals surface area contributed by atoms with Crippen molar-refractivity contribution in [1.82, 2.24) is 4.98 Å². The van der Waals surface area contributed by atoms with E-state index in [0.717, 1.165) is 18.4 Å². The molecule has 0 saturated heterocycles. The van der Waals surface area contributed by atoms with Crippen LogP contribution < -0.4 is 0 Å². The van der Waals surface area contributed by atoms with Crippen LogP contribution in [0, 0.1) is 0 Å². The van der Waals surface area contributed by atoms with Gasteiger partial charge in [-0.25, -0.2) is 0 Å². The molecule has 0 aliphatic rings. The molecule has 0 saturated carbocycles. The van der Waals surface area contributed by atoms with E-state index in [4.69, 9.17) is 11.6 Å². The predicted molar refractivity (Wildman–Crippen MR) is 66.6 cm³/mol. The molecule has 0 aliphatic heterocycles. The first kappa shape index (κ1) is 12.9. The summed E-state index contributed by atoms with van der Waals surface area (Å²) in [7, 11) is 0. The van der Waals surface area contributed by atoms with Crippen LogP contribution in [-0.2, 0) is 11.2 Å². The molecule has 16 heavy (non-hydrogen) atoms. The van der Waals surface area contributed by atoms with Crippen LogP contribution in [0.15, 0.2) is 30.1 Å². The first-order chi connectivity index (χ1) is 7.67. The summed E-state index contributed by atoms with van der Waals surface area (Å²) < 4.78 is 0. The van der Waals surface area contributed by atoms with Gasteiger partial charge < -0.3 is 0 Å². The lowest BCUT2D eigenvalue weighted by Gasteiger charge is -2.02. The Labute approximate surface area is 101 Å². The number of rotatable bonds is 5. The summed E-state index contributed by atoms with van der Waals surface area (Å²) in [5, 5.41) is 0.554. The standard InChI is InChI=1S/C13H16ClNO/c1-3-10(4-2)7-12(16)8-11-5-6-15-9-13(11)14/h5-7,9H,3-4,8H2,1-2H3. The quantitative estimate of drug-likeness (QED) is 0.733. The molecule has 1 rings (SSSR count). The number of nitrogens with zero attached hydrogens (tertiary/aromatic N) is 1. The smallest absolute Gasteiger partial charge is 0.160 e. The second kappa shape index (κ2) is 6.44. The van der Waals surface area contributed by atoms with Crippen LogP contribution in [0.5, 0.6) is 0 Å². The minimum atomic E-state index is 0.104. The molecule has 0 fully saturated rings. The van der Waals surface area contributed by atoms with E-state index in [1.54, 1.807) is 24.5 Å². The van der Waals surface area contributed by atoms with Crippen LogP contribution in [0.25, 0.3) is 0 Å². The normalized spacial score (nSPS) is 9.94. The second-order valence-electron chi connectivity index (χ2n) is 3.62. The number of carbonyl (C=O) groups is 1. The van der Waals surface area contributed by atoms with Crippen LogP contribution in [0.2, 0.25) is 5.02 Å². The van der Waals surface area contributed by atoms with Crippen LogP contribution in [-0.4, -0.2) is 10.8 Å². The molecule has 86 valence electrons. The lowest BCUT2D eigenvalue weighted by atomic mass is 10.1. The Hall–Kier alpha value is -1.15. The molecular formula is C13H16ClNO. The number of allylic oxidation sites excluding steroid dienone is 2. The van der Waals surface area contributed by atoms with E-state index in [9.17, 15) is 4.79 Å². The molecule has 0 spiro atoms. The highest BCUT2D eigenvalue weighted by Gasteiger charge is 2.05. The van der Waals surface area contributed by atoms with Crippen molar-refractivity contribution in [1.29, 1.82) is 0 Å². The first-order valence-electron chi connectivity index (χ1n) is 5.48. The molecule has 1 aromatic heterocycles. The summed E-state index contributed by atoms with van der Waals surface area (Å²) in [6.45, 7) is 4.12. The van der Waals surface area contributed by atoms with Crippen molar-refractivity contribution in [3.63, 3.8) is 0 Å². The van der Waals surface area contributed by atoms with Crippen molar-refractivity contribution < 1.29 is 4.79 Å². The third kappa shape index (κ3) is 3.78. The van der Waals surface area contributed by atoms with E-state index in [1.165, 1.54) is 5.57 Å². The zero-order chi connectivity index (χ0) is 12.0. The SMILES string of the molecule is CCC(=CC(=O)Cc1ccncc1Cl)CC. The van der Waals surface area contributed by atoms with Gasteiger partial charge >= 0.3 is 0 Å². The van der Waals surface area contributed by atoms with Crippen LogP contribution in [0.1, 0.15) is 32.3 Å². The van der Waals surface area contributed by atoms with Gasteiger partial charge in [0.05, 0.1) is 5.02 Å². The van der Waals surface area contributed by atoms with E-state index < -0.39 is 0 Å². The highest BCUT2D eigenvalue weighted by Crippen LogP contribution is 2.15. The molecule has 0 aromatic carbocycles. The number of hydrogen-bond acceptors (Lipinski definition) is 2. The molecule has 2 nitrogen and oxygen atoms in total. The van der Waals surface area contributed by atoms with Crippen molar-refractivity contribution in [2.75, 3.05) is 0 Å². The summed E-state index contributed by atoms with van der Waals surface area (Å²) in [6.07, 6.45) is 7.15. The zero-order valence-electron chi connectivity index (χ0n) is 9.66. The van der Waals surface area contributed by atoms with Gasteiger partial charge in [0.1, 0.15) is 0 Å².